The van der Waals surface area contributed by atoms with Gasteiger partial charge in [0, 0.05) is 35.0 Å². The van der Waals surface area contributed by atoms with Gasteiger partial charge in [0.25, 0.3) is 0 Å². The van der Waals surface area contributed by atoms with Crippen LogP contribution in [0, 0.1) is 0 Å². The summed E-state index contributed by atoms with van der Waals surface area (Å²) in [6.45, 7) is 0. The van der Waals surface area contributed by atoms with Gasteiger partial charge >= 0.3 is 5.97 Å². The normalized spacial score (nSPS) is 10.9. The topological polar surface area (TPSA) is 42.2 Å². The standard InChI is InChI=1S/C12H12BrNO2/c1-14-7-9(13)12-8(5-6-11(15)16)3-2-4-10(12)14/h2-4,7H,5-6H2,1H3,(H,15,16). The Labute approximate surface area is 102 Å². The van der Waals surface area contributed by atoms with Crippen molar-refractivity contribution in [3.05, 3.63) is 34.4 Å². The fourth-order valence-electron chi connectivity index (χ4n) is 1.91. The molecule has 1 aromatic carbocycles. The van der Waals surface area contributed by atoms with Gasteiger partial charge in [-0.2, -0.15) is 0 Å². The molecule has 3 nitrogen and oxygen atoms in total. The highest BCUT2D eigenvalue weighted by Crippen LogP contribution is 2.29. The van der Waals surface area contributed by atoms with Crippen molar-refractivity contribution >= 4 is 32.8 Å². The van der Waals surface area contributed by atoms with Gasteiger partial charge in [0.15, 0.2) is 0 Å². The van der Waals surface area contributed by atoms with E-state index in [-0.39, 0.29) is 6.42 Å². The molecular weight excluding hydrogens is 270 g/mol. The molecular formula is C12H12BrNO2. The number of benzene rings is 1. The number of aliphatic carboxylic acids is 1. The van der Waals surface area contributed by atoms with E-state index >= 15 is 0 Å². The minimum atomic E-state index is -0.760. The van der Waals surface area contributed by atoms with Crippen LogP contribution in [-0.4, -0.2) is 15.6 Å². The number of nitrogens with zero attached hydrogens (tertiary/aromatic N) is 1. The van der Waals surface area contributed by atoms with Gasteiger partial charge in [-0.3, -0.25) is 4.79 Å². The van der Waals surface area contributed by atoms with Crippen molar-refractivity contribution in [2.24, 2.45) is 7.05 Å². The predicted molar refractivity (Wildman–Crippen MR) is 66.6 cm³/mol. The molecule has 0 radical (unpaired) electrons. The Bertz CT molecular complexity index is 545. The van der Waals surface area contributed by atoms with Crippen LogP contribution in [0.15, 0.2) is 28.9 Å². The van der Waals surface area contributed by atoms with Gasteiger partial charge in [-0.25, -0.2) is 0 Å². The number of hydrogen-bond acceptors (Lipinski definition) is 1. The first-order valence-corrected chi connectivity index (χ1v) is 5.83. The van der Waals surface area contributed by atoms with Crippen LogP contribution >= 0.6 is 15.9 Å². The Kier molecular flexibility index (Phi) is 3.01. The lowest BCUT2D eigenvalue weighted by Crippen LogP contribution is -1.97. The molecule has 0 atom stereocenters. The number of fused-ring (bicyclic) bond motifs is 1. The van der Waals surface area contributed by atoms with Gasteiger partial charge < -0.3 is 9.67 Å². The van der Waals surface area contributed by atoms with Crippen LogP contribution in [0.1, 0.15) is 12.0 Å². The quantitative estimate of drug-likeness (QED) is 0.940. The summed E-state index contributed by atoms with van der Waals surface area (Å²) in [4.78, 5) is 10.6. The van der Waals surface area contributed by atoms with Gasteiger partial charge in [0.2, 0.25) is 0 Å². The maximum atomic E-state index is 10.6. The van der Waals surface area contributed by atoms with E-state index in [2.05, 4.69) is 15.9 Å². The SMILES string of the molecule is Cn1cc(Br)c2c(CCC(=O)O)cccc21. The van der Waals surface area contributed by atoms with Gasteiger partial charge in [-0.1, -0.05) is 12.1 Å². The van der Waals surface area contributed by atoms with Crippen LogP contribution in [0.5, 0.6) is 0 Å². The second-order valence-electron chi connectivity index (χ2n) is 3.79. The van der Waals surface area contributed by atoms with E-state index in [0.717, 1.165) is 20.9 Å². The molecule has 0 fully saturated rings. The Morgan fingerprint density at radius 3 is 2.94 bits per heavy atom. The van der Waals surface area contributed by atoms with Gasteiger partial charge in [-0.15, -0.1) is 0 Å². The molecule has 0 saturated heterocycles. The Balaban J connectivity index is 2.48. The molecule has 1 aromatic heterocycles. The highest BCUT2D eigenvalue weighted by Gasteiger charge is 2.09. The number of carboxylic acids is 1. The first-order valence-electron chi connectivity index (χ1n) is 5.04. The summed E-state index contributed by atoms with van der Waals surface area (Å²) >= 11 is 3.51. The summed E-state index contributed by atoms with van der Waals surface area (Å²) < 4.78 is 3.05. The van der Waals surface area contributed by atoms with Gasteiger partial charge in [-0.05, 0) is 34.0 Å². The first-order chi connectivity index (χ1) is 7.59. The first kappa shape index (κ1) is 11.2. The Morgan fingerprint density at radius 2 is 2.25 bits per heavy atom. The van der Waals surface area contributed by atoms with Crippen LogP contribution in [0.2, 0.25) is 0 Å². The number of aryl methyl sites for hydroxylation is 2. The summed E-state index contributed by atoms with van der Waals surface area (Å²) in [5.74, 6) is -0.760. The average molecular weight is 282 g/mol. The molecule has 84 valence electrons. The number of rotatable bonds is 3. The third-order valence-electron chi connectivity index (χ3n) is 2.66. The molecule has 1 heterocycles. The van der Waals surface area contributed by atoms with Gasteiger partial charge in [0.05, 0.1) is 0 Å². The molecule has 0 aliphatic heterocycles. The zero-order chi connectivity index (χ0) is 11.7. The number of carboxylic acid groups (broad SMARTS) is 1. The maximum absolute atomic E-state index is 10.6. The summed E-state index contributed by atoms with van der Waals surface area (Å²) in [5.41, 5.74) is 2.20. The van der Waals surface area contributed by atoms with Crippen molar-refractivity contribution in [1.29, 1.82) is 0 Å². The second kappa shape index (κ2) is 4.29. The van der Waals surface area contributed by atoms with Crippen molar-refractivity contribution in [1.82, 2.24) is 4.57 Å². The van der Waals surface area contributed by atoms with E-state index in [1.165, 1.54) is 0 Å². The smallest absolute Gasteiger partial charge is 0.303 e. The van der Waals surface area contributed by atoms with E-state index in [4.69, 9.17) is 5.11 Å². The van der Waals surface area contributed by atoms with E-state index < -0.39 is 5.97 Å². The largest absolute Gasteiger partial charge is 0.481 e. The molecule has 4 heteroatoms. The van der Waals surface area contributed by atoms with Crippen molar-refractivity contribution < 1.29 is 9.90 Å². The molecule has 2 rings (SSSR count). The Hall–Kier alpha value is -1.29. The van der Waals surface area contributed by atoms with E-state index in [1.807, 2.05) is 36.0 Å². The zero-order valence-electron chi connectivity index (χ0n) is 8.90. The minimum absolute atomic E-state index is 0.167. The lowest BCUT2D eigenvalue weighted by atomic mass is 10.1. The number of aromatic nitrogens is 1. The van der Waals surface area contributed by atoms with Gasteiger partial charge in [0.1, 0.15) is 0 Å². The number of carbonyl (C=O) groups is 1. The average Bonchev–Trinajstić information content (AvgIpc) is 2.52. The third-order valence-corrected chi connectivity index (χ3v) is 3.26. The molecule has 0 aliphatic carbocycles. The van der Waals surface area contributed by atoms with E-state index in [0.29, 0.717) is 6.42 Å². The van der Waals surface area contributed by atoms with E-state index in [1.54, 1.807) is 0 Å². The molecule has 0 aliphatic rings. The number of hydrogen-bond donors (Lipinski definition) is 1. The molecule has 0 unspecified atom stereocenters. The molecule has 0 bridgehead atoms. The van der Waals surface area contributed by atoms with Crippen molar-refractivity contribution in [2.75, 3.05) is 0 Å². The van der Waals surface area contributed by atoms with Crippen molar-refractivity contribution in [3.63, 3.8) is 0 Å². The van der Waals surface area contributed by atoms with Crippen LogP contribution in [0.25, 0.3) is 10.9 Å². The highest BCUT2D eigenvalue weighted by atomic mass is 79.9. The Morgan fingerprint density at radius 1 is 1.50 bits per heavy atom. The summed E-state index contributed by atoms with van der Waals surface area (Å²) in [5, 5.41) is 9.82. The van der Waals surface area contributed by atoms with Crippen molar-refractivity contribution in [3.8, 4) is 0 Å². The minimum Gasteiger partial charge on any atom is -0.481 e. The maximum Gasteiger partial charge on any atom is 0.303 e. The zero-order valence-corrected chi connectivity index (χ0v) is 10.5. The lowest BCUT2D eigenvalue weighted by molar-refractivity contribution is -0.136. The molecule has 0 amide bonds. The molecule has 16 heavy (non-hydrogen) atoms. The molecule has 0 spiro atoms. The fraction of sp³-hybridized carbons (Fsp3) is 0.250. The van der Waals surface area contributed by atoms with Crippen LogP contribution in [-0.2, 0) is 18.3 Å². The number of halogens is 1. The molecule has 2 aromatic rings. The molecule has 1 N–H and O–H groups in total. The monoisotopic (exact) mass is 281 g/mol. The summed E-state index contributed by atoms with van der Waals surface area (Å²) in [7, 11) is 1.98. The summed E-state index contributed by atoms with van der Waals surface area (Å²) in [6.07, 6.45) is 2.73. The van der Waals surface area contributed by atoms with Crippen LogP contribution < -0.4 is 0 Å². The van der Waals surface area contributed by atoms with Crippen LogP contribution in [0.4, 0.5) is 0 Å². The lowest BCUT2D eigenvalue weighted by Gasteiger charge is -2.03. The van der Waals surface area contributed by atoms with Crippen molar-refractivity contribution in [2.45, 2.75) is 12.8 Å². The predicted octanol–water partition coefficient (Wildman–Crippen LogP) is 2.96. The van der Waals surface area contributed by atoms with E-state index in [9.17, 15) is 4.79 Å². The summed E-state index contributed by atoms with van der Waals surface area (Å²) in [6, 6.07) is 5.98. The van der Waals surface area contributed by atoms with Crippen LogP contribution in [0.3, 0.4) is 0 Å². The second-order valence-corrected chi connectivity index (χ2v) is 4.65. The highest BCUT2D eigenvalue weighted by molar-refractivity contribution is 9.10. The third kappa shape index (κ3) is 1.97. The fourth-order valence-corrected chi connectivity index (χ4v) is 2.68. The molecule has 0 saturated carbocycles.